The van der Waals surface area contributed by atoms with Gasteiger partial charge in [0.1, 0.15) is 5.75 Å². The molecule has 0 aliphatic carbocycles. The Morgan fingerprint density at radius 2 is 1.92 bits per heavy atom. The largest absolute Gasteiger partial charge is 0.497 e. The first-order valence-corrected chi connectivity index (χ1v) is 7.49. The second-order valence-corrected chi connectivity index (χ2v) is 5.53. The molecular weight excluding hydrogens is 322 g/mol. The van der Waals surface area contributed by atoms with E-state index in [4.69, 9.17) is 9.84 Å². The van der Waals surface area contributed by atoms with E-state index in [0.29, 0.717) is 22.3 Å². The van der Waals surface area contributed by atoms with Crippen molar-refractivity contribution in [3.63, 3.8) is 0 Å². The highest BCUT2D eigenvalue weighted by molar-refractivity contribution is 6.03. The number of carbonyl (C=O) groups is 1. The molecule has 7 heteroatoms. The third-order valence-corrected chi connectivity index (χ3v) is 4.10. The number of pyridine rings is 1. The molecule has 0 fully saturated rings. The van der Waals surface area contributed by atoms with Crippen molar-refractivity contribution in [2.24, 2.45) is 0 Å². The predicted octanol–water partition coefficient (Wildman–Crippen LogP) is 2.57. The summed E-state index contributed by atoms with van der Waals surface area (Å²) < 4.78 is 6.62. The van der Waals surface area contributed by atoms with Crippen molar-refractivity contribution in [2.75, 3.05) is 7.11 Å². The molecule has 0 bridgehead atoms. The van der Waals surface area contributed by atoms with Gasteiger partial charge in [-0.15, -0.1) is 0 Å². The summed E-state index contributed by atoms with van der Waals surface area (Å²) in [6.45, 7) is 0. The van der Waals surface area contributed by atoms with Gasteiger partial charge < -0.3 is 9.84 Å². The van der Waals surface area contributed by atoms with Gasteiger partial charge in [-0.05, 0) is 42.5 Å². The smallest absolute Gasteiger partial charge is 0.335 e. The van der Waals surface area contributed by atoms with Crippen LogP contribution in [0.1, 0.15) is 10.4 Å². The number of aromatic amines is 1. The average Bonchev–Trinajstić information content (AvgIpc) is 2.98. The second-order valence-electron chi connectivity index (χ2n) is 5.53. The van der Waals surface area contributed by atoms with Crippen molar-refractivity contribution >= 4 is 27.8 Å². The molecule has 0 unspecified atom stereocenters. The number of hydrogen-bond acceptors (Lipinski definition) is 4. The van der Waals surface area contributed by atoms with E-state index in [2.05, 4.69) is 10.1 Å². The van der Waals surface area contributed by atoms with Crippen LogP contribution >= 0.6 is 0 Å². The third-order valence-electron chi connectivity index (χ3n) is 4.10. The highest BCUT2D eigenvalue weighted by Crippen LogP contribution is 2.25. The van der Waals surface area contributed by atoms with Crippen molar-refractivity contribution in [1.82, 2.24) is 14.8 Å². The summed E-state index contributed by atoms with van der Waals surface area (Å²) in [5.41, 5.74) is 1.83. The Kier molecular flexibility index (Phi) is 3.28. The number of aromatic nitrogens is 3. The Bertz CT molecular complexity index is 1170. The first-order chi connectivity index (χ1) is 12.1. The summed E-state index contributed by atoms with van der Waals surface area (Å²) in [4.78, 5) is 28.0. The van der Waals surface area contributed by atoms with Gasteiger partial charge in [-0.1, -0.05) is 0 Å². The lowest BCUT2D eigenvalue weighted by Gasteiger charge is -2.03. The van der Waals surface area contributed by atoms with Gasteiger partial charge in [0.2, 0.25) is 0 Å². The highest BCUT2D eigenvalue weighted by Gasteiger charge is 2.13. The molecule has 124 valence electrons. The van der Waals surface area contributed by atoms with Gasteiger partial charge in [-0.25, -0.2) is 9.48 Å². The fourth-order valence-electron chi connectivity index (χ4n) is 2.80. The minimum atomic E-state index is -1.02. The van der Waals surface area contributed by atoms with Gasteiger partial charge in [-0.2, -0.15) is 0 Å². The summed E-state index contributed by atoms with van der Waals surface area (Å²) in [6, 6.07) is 11.5. The molecule has 7 nitrogen and oxygen atoms in total. The maximum Gasteiger partial charge on any atom is 0.335 e. The van der Waals surface area contributed by atoms with Crippen molar-refractivity contribution < 1.29 is 14.6 Å². The standard InChI is InChI=1S/C18H13N3O4/c1-25-12-6-7-15-13(8-12)16-14(9-19-15)17(22)21(20-16)11-4-2-10(3-5-11)18(23)24/h2-9,20H,1H3,(H,23,24). The van der Waals surface area contributed by atoms with Crippen LogP contribution in [0.25, 0.3) is 27.5 Å². The predicted molar refractivity (Wildman–Crippen MR) is 92.7 cm³/mol. The van der Waals surface area contributed by atoms with Crippen LogP contribution in [0.5, 0.6) is 5.75 Å². The van der Waals surface area contributed by atoms with Crippen LogP contribution in [0.2, 0.25) is 0 Å². The topological polar surface area (TPSA) is 97.2 Å². The molecule has 25 heavy (non-hydrogen) atoms. The van der Waals surface area contributed by atoms with Crippen LogP contribution in [0, 0.1) is 0 Å². The molecule has 0 aliphatic heterocycles. The van der Waals surface area contributed by atoms with Crippen LogP contribution < -0.4 is 10.3 Å². The van der Waals surface area contributed by atoms with Gasteiger partial charge in [0.25, 0.3) is 5.56 Å². The molecule has 0 radical (unpaired) electrons. The van der Waals surface area contributed by atoms with Crippen LogP contribution in [0.4, 0.5) is 0 Å². The van der Waals surface area contributed by atoms with Gasteiger partial charge in [0.15, 0.2) is 0 Å². The monoisotopic (exact) mass is 335 g/mol. The van der Waals surface area contributed by atoms with Gasteiger partial charge >= 0.3 is 5.97 Å². The number of carboxylic acids is 1. The van der Waals surface area contributed by atoms with Gasteiger partial charge in [-0.3, -0.25) is 14.9 Å². The normalized spacial score (nSPS) is 11.1. The zero-order valence-corrected chi connectivity index (χ0v) is 13.2. The number of rotatable bonds is 3. The van der Waals surface area contributed by atoms with E-state index in [1.54, 1.807) is 25.3 Å². The minimum Gasteiger partial charge on any atom is -0.497 e. The van der Waals surface area contributed by atoms with Crippen molar-refractivity contribution in [2.45, 2.75) is 0 Å². The first kappa shape index (κ1) is 14.9. The van der Waals surface area contributed by atoms with Crippen LogP contribution in [0.15, 0.2) is 53.5 Å². The first-order valence-electron chi connectivity index (χ1n) is 7.49. The summed E-state index contributed by atoms with van der Waals surface area (Å²) in [5.74, 6) is -0.348. The van der Waals surface area contributed by atoms with Crippen LogP contribution in [0.3, 0.4) is 0 Å². The molecule has 0 amide bonds. The second kappa shape index (κ2) is 5.48. The number of methoxy groups -OCH3 is 1. The number of ether oxygens (including phenoxy) is 1. The number of nitrogens with one attached hydrogen (secondary N) is 1. The molecule has 4 aromatic rings. The maximum atomic E-state index is 12.7. The summed E-state index contributed by atoms with van der Waals surface area (Å²) in [7, 11) is 1.58. The molecule has 0 aliphatic rings. The molecule has 2 aromatic carbocycles. The lowest BCUT2D eigenvalue weighted by molar-refractivity contribution is 0.0697. The summed E-state index contributed by atoms with van der Waals surface area (Å²) >= 11 is 0. The zero-order chi connectivity index (χ0) is 17.6. The quantitative estimate of drug-likeness (QED) is 0.600. The number of H-pyrrole nitrogens is 1. The third kappa shape index (κ3) is 2.33. The number of aromatic carboxylic acids is 1. The molecule has 0 atom stereocenters. The molecule has 0 spiro atoms. The fourth-order valence-corrected chi connectivity index (χ4v) is 2.80. The summed E-state index contributed by atoms with van der Waals surface area (Å²) in [6.07, 6.45) is 1.53. The SMILES string of the molecule is COc1ccc2ncc3c(=O)n(-c4ccc(C(=O)O)cc4)[nH]c3c2c1. The number of fused-ring (bicyclic) bond motifs is 3. The molecule has 4 rings (SSSR count). The van der Waals surface area contributed by atoms with E-state index < -0.39 is 5.97 Å². The lowest BCUT2D eigenvalue weighted by atomic mass is 10.1. The zero-order valence-electron chi connectivity index (χ0n) is 13.2. The number of hydrogen-bond donors (Lipinski definition) is 2. The number of nitrogens with zero attached hydrogens (tertiary/aromatic N) is 2. The van der Waals surface area contributed by atoms with E-state index in [9.17, 15) is 9.59 Å². The van der Waals surface area contributed by atoms with E-state index in [-0.39, 0.29) is 11.1 Å². The van der Waals surface area contributed by atoms with Gasteiger partial charge in [0, 0.05) is 11.6 Å². The van der Waals surface area contributed by atoms with E-state index in [0.717, 1.165) is 10.9 Å². The van der Waals surface area contributed by atoms with Crippen molar-refractivity contribution in [1.29, 1.82) is 0 Å². The Labute approximate surface area is 141 Å². The molecule has 0 saturated carbocycles. The van der Waals surface area contributed by atoms with Crippen molar-refractivity contribution in [3.8, 4) is 11.4 Å². The average molecular weight is 335 g/mol. The molecule has 2 aromatic heterocycles. The Hall–Kier alpha value is -3.61. The van der Waals surface area contributed by atoms with E-state index in [1.807, 2.05) is 12.1 Å². The Balaban J connectivity index is 1.96. The fraction of sp³-hybridized carbons (Fsp3) is 0.0556. The molecular formula is C18H13N3O4. The molecule has 2 heterocycles. The van der Waals surface area contributed by atoms with E-state index in [1.165, 1.54) is 23.0 Å². The lowest BCUT2D eigenvalue weighted by Crippen LogP contribution is -2.14. The molecule has 2 N–H and O–H groups in total. The minimum absolute atomic E-state index is 0.157. The number of carboxylic acid groups (broad SMARTS) is 1. The number of benzene rings is 2. The van der Waals surface area contributed by atoms with Crippen molar-refractivity contribution in [3.05, 3.63) is 64.6 Å². The van der Waals surface area contributed by atoms with Crippen LogP contribution in [-0.2, 0) is 0 Å². The van der Waals surface area contributed by atoms with E-state index >= 15 is 0 Å². The highest BCUT2D eigenvalue weighted by atomic mass is 16.5. The Morgan fingerprint density at radius 1 is 1.16 bits per heavy atom. The molecule has 0 saturated heterocycles. The van der Waals surface area contributed by atoms with Crippen LogP contribution in [-0.4, -0.2) is 33.0 Å². The van der Waals surface area contributed by atoms with Gasteiger partial charge in [0.05, 0.1) is 34.8 Å². The Morgan fingerprint density at radius 3 is 2.60 bits per heavy atom. The summed E-state index contributed by atoms with van der Waals surface area (Å²) in [5, 5.41) is 13.3. The maximum absolute atomic E-state index is 12.7.